The molecule has 0 unspecified atom stereocenters. The predicted octanol–water partition coefficient (Wildman–Crippen LogP) is 4.60. The van der Waals surface area contributed by atoms with Gasteiger partial charge in [0.2, 0.25) is 0 Å². The molecule has 0 saturated heterocycles. The van der Waals surface area contributed by atoms with Crippen molar-refractivity contribution in [3.05, 3.63) is 39.8 Å². The maximum atomic E-state index is 10.8. The molecule has 0 bridgehead atoms. The van der Waals surface area contributed by atoms with Crippen LogP contribution >= 0.6 is 35.0 Å². The number of primary amides is 1. The highest BCUT2D eigenvalue weighted by Gasteiger charge is 2.19. The van der Waals surface area contributed by atoms with Gasteiger partial charge in [-0.15, -0.1) is 0 Å². The van der Waals surface area contributed by atoms with Crippen molar-refractivity contribution in [2.24, 2.45) is 12.8 Å². The lowest BCUT2D eigenvalue weighted by molar-refractivity contribution is 0.146. The lowest BCUT2D eigenvalue weighted by Crippen LogP contribution is -2.14. The number of hydrogen-bond acceptors (Lipinski definition) is 4. The zero-order valence-electron chi connectivity index (χ0n) is 13.0. The van der Waals surface area contributed by atoms with Gasteiger partial charge in [-0.25, -0.2) is 9.78 Å². The number of nitrogens with two attached hydrogens (primary N) is 1. The maximum absolute atomic E-state index is 10.8. The summed E-state index contributed by atoms with van der Waals surface area (Å²) >= 11 is 13.6. The van der Waals surface area contributed by atoms with Crippen molar-refractivity contribution < 1.29 is 9.53 Å². The fourth-order valence-corrected chi connectivity index (χ4v) is 4.08. The molecule has 1 heterocycles. The molecule has 0 aliphatic rings. The summed E-state index contributed by atoms with van der Waals surface area (Å²) in [6.07, 6.45) is -0.824. The molecule has 0 spiro atoms. The minimum absolute atomic E-state index is 0.0302. The number of carbonyl (C=O) groups excluding carboxylic acids is 1. The molecule has 2 N–H and O–H groups in total. The van der Waals surface area contributed by atoms with E-state index in [1.807, 2.05) is 23.7 Å². The summed E-state index contributed by atoms with van der Waals surface area (Å²) in [6.45, 7) is 4.18. The first-order chi connectivity index (χ1) is 10.8. The van der Waals surface area contributed by atoms with Gasteiger partial charge in [-0.2, -0.15) is 0 Å². The Morgan fingerprint density at radius 2 is 1.96 bits per heavy atom. The number of halogens is 2. The number of nitrogens with zero attached hydrogens (tertiary/aromatic N) is 2. The van der Waals surface area contributed by atoms with Crippen LogP contribution in [0.5, 0.6) is 0 Å². The lowest BCUT2D eigenvalue weighted by Gasteiger charge is -2.10. The van der Waals surface area contributed by atoms with Gasteiger partial charge in [-0.3, -0.25) is 0 Å². The molecule has 0 atom stereocenters. The number of carbonyl (C=O) groups is 1. The van der Waals surface area contributed by atoms with Gasteiger partial charge in [0, 0.05) is 22.0 Å². The van der Waals surface area contributed by atoms with Crippen LogP contribution in [0.1, 0.15) is 31.3 Å². The van der Waals surface area contributed by atoms with Gasteiger partial charge < -0.3 is 15.0 Å². The summed E-state index contributed by atoms with van der Waals surface area (Å²) < 4.78 is 6.77. The summed E-state index contributed by atoms with van der Waals surface area (Å²) in [4.78, 5) is 16.3. The Morgan fingerprint density at radius 1 is 1.35 bits per heavy atom. The molecule has 8 heteroatoms. The zero-order chi connectivity index (χ0) is 17.1. The summed E-state index contributed by atoms with van der Waals surface area (Å²) in [5, 5.41) is 1.96. The minimum Gasteiger partial charge on any atom is -0.442 e. The third-order valence-electron chi connectivity index (χ3n) is 3.14. The first-order valence-corrected chi connectivity index (χ1v) is 8.46. The van der Waals surface area contributed by atoms with Crippen LogP contribution in [0, 0.1) is 0 Å². The number of ether oxygens (including phenoxy) is 1. The number of imidazole rings is 1. The van der Waals surface area contributed by atoms with E-state index in [2.05, 4.69) is 18.8 Å². The molecule has 1 aromatic carbocycles. The highest BCUT2D eigenvalue weighted by Crippen LogP contribution is 2.36. The first kappa shape index (κ1) is 18.0. The number of amides is 1. The predicted molar refractivity (Wildman–Crippen MR) is 92.3 cm³/mol. The van der Waals surface area contributed by atoms with E-state index in [0.29, 0.717) is 15.9 Å². The SMILES string of the molecule is CC(C)c1c(Sc2cc(Cl)cc(Cl)c2)nc(COC(N)=O)n1C. The molecule has 1 amide bonds. The van der Waals surface area contributed by atoms with Crippen molar-refractivity contribution in [2.45, 2.75) is 36.3 Å². The Morgan fingerprint density at radius 3 is 2.48 bits per heavy atom. The Kier molecular flexibility index (Phi) is 5.84. The monoisotopic (exact) mass is 373 g/mol. The topological polar surface area (TPSA) is 70.1 Å². The normalized spacial score (nSPS) is 11.0. The van der Waals surface area contributed by atoms with Crippen molar-refractivity contribution in [3.8, 4) is 0 Å². The molecule has 2 rings (SSSR count). The molecule has 2 aromatic rings. The van der Waals surface area contributed by atoms with Gasteiger partial charge in [0.05, 0.1) is 5.69 Å². The highest BCUT2D eigenvalue weighted by molar-refractivity contribution is 7.99. The van der Waals surface area contributed by atoms with Crippen LogP contribution in [0.2, 0.25) is 10.0 Å². The molecule has 5 nitrogen and oxygen atoms in total. The van der Waals surface area contributed by atoms with Crippen molar-refractivity contribution >= 4 is 41.1 Å². The third-order valence-corrected chi connectivity index (χ3v) is 4.54. The molecule has 0 saturated carbocycles. The molecule has 23 heavy (non-hydrogen) atoms. The van der Waals surface area contributed by atoms with E-state index in [0.717, 1.165) is 15.6 Å². The van der Waals surface area contributed by atoms with Gasteiger partial charge in [0.1, 0.15) is 10.9 Å². The average Bonchev–Trinajstić information content (AvgIpc) is 2.71. The fourth-order valence-electron chi connectivity index (χ4n) is 2.21. The van der Waals surface area contributed by atoms with Gasteiger partial charge in [-0.1, -0.05) is 48.8 Å². The Hall–Kier alpha value is -1.37. The van der Waals surface area contributed by atoms with Crippen LogP contribution < -0.4 is 5.73 Å². The maximum Gasteiger partial charge on any atom is 0.404 e. The molecule has 1 aromatic heterocycles. The smallest absolute Gasteiger partial charge is 0.404 e. The minimum atomic E-state index is -0.824. The third kappa shape index (κ3) is 4.56. The van der Waals surface area contributed by atoms with E-state index in [-0.39, 0.29) is 12.5 Å². The molecule has 124 valence electrons. The summed E-state index contributed by atoms with van der Waals surface area (Å²) in [7, 11) is 1.89. The second kappa shape index (κ2) is 7.47. The van der Waals surface area contributed by atoms with E-state index >= 15 is 0 Å². The zero-order valence-corrected chi connectivity index (χ0v) is 15.3. The van der Waals surface area contributed by atoms with Gasteiger partial charge >= 0.3 is 6.09 Å². The van der Waals surface area contributed by atoms with E-state index in [1.54, 1.807) is 6.07 Å². The quantitative estimate of drug-likeness (QED) is 0.831. The van der Waals surface area contributed by atoms with Crippen molar-refractivity contribution in [2.75, 3.05) is 0 Å². The van der Waals surface area contributed by atoms with E-state index in [9.17, 15) is 4.79 Å². The second-order valence-electron chi connectivity index (χ2n) is 5.25. The largest absolute Gasteiger partial charge is 0.442 e. The molecular weight excluding hydrogens is 357 g/mol. The summed E-state index contributed by atoms with van der Waals surface area (Å²) in [5.41, 5.74) is 6.06. The molecule has 0 aliphatic carbocycles. The average molecular weight is 374 g/mol. The van der Waals surface area contributed by atoms with Crippen molar-refractivity contribution in [3.63, 3.8) is 0 Å². The Balaban J connectivity index is 2.36. The van der Waals surface area contributed by atoms with Gasteiger partial charge in [0.25, 0.3) is 0 Å². The van der Waals surface area contributed by atoms with Crippen LogP contribution in [0.15, 0.2) is 28.1 Å². The lowest BCUT2D eigenvalue weighted by atomic mass is 10.1. The first-order valence-electron chi connectivity index (χ1n) is 6.89. The molecular formula is C15H17Cl2N3O2S. The van der Waals surface area contributed by atoms with Crippen LogP contribution in [-0.4, -0.2) is 15.6 Å². The van der Waals surface area contributed by atoms with E-state index in [1.165, 1.54) is 11.8 Å². The van der Waals surface area contributed by atoms with Crippen LogP contribution in [-0.2, 0) is 18.4 Å². The molecule has 0 fully saturated rings. The van der Waals surface area contributed by atoms with Crippen LogP contribution in [0.25, 0.3) is 0 Å². The second-order valence-corrected chi connectivity index (χ2v) is 7.18. The van der Waals surface area contributed by atoms with Gasteiger partial charge in [0.15, 0.2) is 6.61 Å². The number of rotatable bonds is 5. The standard InChI is InChI=1S/C15H17Cl2N3O2S/c1-8(2)13-14(19-12(20(13)3)7-22-15(18)21)23-11-5-9(16)4-10(17)6-11/h4-6,8H,7H2,1-3H3,(H2,18,21). The van der Waals surface area contributed by atoms with Crippen LogP contribution in [0.4, 0.5) is 4.79 Å². The van der Waals surface area contributed by atoms with E-state index < -0.39 is 6.09 Å². The number of hydrogen-bond donors (Lipinski definition) is 1. The molecule has 0 radical (unpaired) electrons. The Labute approximate surface area is 149 Å². The van der Waals surface area contributed by atoms with Crippen molar-refractivity contribution in [1.82, 2.24) is 9.55 Å². The number of aromatic nitrogens is 2. The highest BCUT2D eigenvalue weighted by atomic mass is 35.5. The van der Waals surface area contributed by atoms with E-state index in [4.69, 9.17) is 33.7 Å². The van der Waals surface area contributed by atoms with Gasteiger partial charge in [-0.05, 0) is 24.1 Å². The summed E-state index contributed by atoms with van der Waals surface area (Å²) in [6, 6.07) is 5.34. The fraction of sp³-hybridized carbons (Fsp3) is 0.333. The summed E-state index contributed by atoms with van der Waals surface area (Å²) in [5.74, 6) is 0.870. The Bertz CT molecular complexity index is 712. The number of benzene rings is 1. The van der Waals surface area contributed by atoms with Crippen LogP contribution in [0.3, 0.4) is 0 Å². The molecule has 0 aliphatic heterocycles. The van der Waals surface area contributed by atoms with Crippen molar-refractivity contribution in [1.29, 1.82) is 0 Å².